The van der Waals surface area contributed by atoms with Crippen molar-refractivity contribution in [1.29, 1.82) is 0 Å². The van der Waals surface area contributed by atoms with Crippen molar-refractivity contribution < 1.29 is 4.74 Å². The zero-order valence-electron chi connectivity index (χ0n) is 9.97. The molecule has 0 aromatic heterocycles. The fraction of sp³-hybridized carbons (Fsp3) is 0.833. The molecule has 0 N–H and O–H groups in total. The maximum atomic E-state index is 5.24. The molecule has 0 aromatic rings. The lowest BCUT2D eigenvalue weighted by Gasteiger charge is -2.24. The standard InChI is InChI=1S/C10H17NO.C2H6/c1-10(2)4-3-5-11-6-8-12-9-7-11;1-2/h10H,5-9H2,1-2H3;1-2H3. The number of hydrogen-bond acceptors (Lipinski definition) is 2. The highest BCUT2D eigenvalue weighted by Crippen LogP contribution is 1.95. The lowest BCUT2D eigenvalue weighted by atomic mass is 10.2. The second-order valence-electron chi connectivity index (χ2n) is 3.36. The molecule has 0 atom stereocenters. The summed E-state index contributed by atoms with van der Waals surface area (Å²) in [6, 6.07) is 0. The SMILES string of the molecule is CC.CC(C)C#CCN1CCOCC1. The van der Waals surface area contributed by atoms with Gasteiger partial charge >= 0.3 is 0 Å². The van der Waals surface area contributed by atoms with Crippen molar-refractivity contribution in [2.24, 2.45) is 5.92 Å². The van der Waals surface area contributed by atoms with Crippen LogP contribution in [0.1, 0.15) is 27.7 Å². The molecule has 1 saturated heterocycles. The molecule has 14 heavy (non-hydrogen) atoms. The van der Waals surface area contributed by atoms with E-state index in [0.29, 0.717) is 5.92 Å². The lowest BCUT2D eigenvalue weighted by Crippen LogP contribution is -2.36. The van der Waals surface area contributed by atoms with E-state index in [4.69, 9.17) is 4.74 Å². The van der Waals surface area contributed by atoms with E-state index in [1.165, 1.54) is 0 Å². The molecule has 0 aliphatic carbocycles. The van der Waals surface area contributed by atoms with Gasteiger partial charge in [-0.05, 0) is 0 Å². The molecule has 82 valence electrons. The highest BCUT2D eigenvalue weighted by atomic mass is 16.5. The third-order valence-corrected chi connectivity index (χ3v) is 1.80. The molecule has 2 heteroatoms. The fourth-order valence-corrected chi connectivity index (χ4v) is 1.12. The van der Waals surface area contributed by atoms with Crippen molar-refractivity contribution in [3.8, 4) is 11.8 Å². The summed E-state index contributed by atoms with van der Waals surface area (Å²) < 4.78 is 5.24. The number of rotatable bonds is 1. The van der Waals surface area contributed by atoms with Crippen molar-refractivity contribution in [3.63, 3.8) is 0 Å². The van der Waals surface area contributed by atoms with Gasteiger partial charge in [-0.15, -0.1) is 0 Å². The fourth-order valence-electron chi connectivity index (χ4n) is 1.12. The Kier molecular flexibility index (Phi) is 8.72. The third kappa shape index (κ3) is 6.94. The highest BCUT2D eigenvalue weighted by Gasteiger charge is 2.07. The van der Waals surface area contributed by atoms with Crippen LogP contribution in [0.2, 0.25) is 0 Å². The molecule has 0 radical (unpaired) electrons. The normalized spacial score (nSPS) is 16.6. The Hall–Kier alpha value is -0.520. The number of morpholine rings is 1. The van der Waals surface area contributed by atoms with Crippen molar-refractivity contribution in [3.05, 3.63) is 0 Å². The molecular formula is C12H23NO. The average Bonchev–Trinajstić information content (AvgIpc) is 2.22. The average molecular weight is 197 g/mol. The van der Waals surface area contributed by atoms with Gasteiger partial charge in [0.15, 0.2) is 0 Å². The third-order valence-electron chi connectivity index (χ3n) is 1.80. The molecule has 1 rings (SSSR count). The molecule has 0 spiro atoms. The minimum atomic E-state index is 0.492. The van der Waals surface area contributed by atoms with E-state index in [-0.39, 0.29) is 0 Å². The van der Waals surface area contributed by atoms with Crippen LogP contribution in [0.25, 0.3) is 0 Å². The number of nitrogens with zero attached hydrogens (tertiary/aromatic N) is 1. The first-order chi connectivity index (χ1) is 6.79. The van der Waals surface area contributed by atoms with Crippen LogP contribution < -0.4 is 0 Å². The van der Waals surface area contributed by atoms with Gasteiger partial charge in [-0.25, -0.2) is 0 Å². The Labute approximate surface area is 88.6 Å². The molecule has 0 bridgehead atoms. The Morgan fingerprint density at radius 2 is 1.79 bits per heavy atom. The number of hydrogen-bond donors (Lipinski definition) is 0. The summed E-state index contributed by atoms with van der Waals surface area (Å²) >= 11 is 0. The van der Waals surface area contributed by atoms with E-state index in [1.54, 1.807) is 0 Å². The summed E-state index contributed by atoms with van der Waals surface area (Å²) in [6.07, 6.45) is 0. The number of ether oxygens (including phenoxy) is 1. The summed E-state index contributed by atoms with van der Waals surface area (Å²) in [7, 11) is 0. The topological polar surface area (TPSA) is 12.5 Å². The molecule has 1 fully saturated rings. The van der Waals surface area contributed by atoms with Gasteiger partial charge in [-0.3, -0.25) is 4.90 Å². The molecule has 0 saturated carbocycles. The molecule has 1 aliphatic heterocycles. The predicted octanol–water partition coefficient (Wildman–Crippen LogP) is 2.00. The zero-order valence-corrected chi connectivity index (χ0v) is 9.97. The summed E-state index contributed by atoms with van der Waals surface area (Å²) in [5.74, 6) is 6.83. The van der Waals surface area contributed by atoms with Gasteiger partial charge in [0.05, 0.1) is 19.8 Å². The van der Waals surface area contributed by atoms with E-state index in [1.807, 2.05) is 13.8 Å². The van der Waals surface area contributed by atoms with E-state index in [0.717, 1.165) is 32.8 Å². The largest absolute Gasteiger partial charge is 0.379 e. The maximum Gasteiger partial charge on any atom is 0.0603 e. The van der Waals surface area contributed by atoms with Crippen LogP contribution in [0, 0.1) is 17.8 Å². The van der Waals surface area contributed by atoms with Gasteiger partial charge < -0.3 is 4.74 Å². The Morgan fingerprint density at radius 3 is 2.29 bits per heavy atom. The summed E-state index contributed by atoms with van der Waals surface area (Å²) in [6.45, 7) is 12.9. The van der Waals surface area contributed by atoms with Crippen molar-refractivity contribution in [2.75, 3.05) is 32.8 Å². The van der Waals surface area contributed by atoms with Crippen LogP contribution in [-0.4, -0.2) is 37.7 Å². The van der Waals surface area contributed by atoms with Crippen molar-refractivity contribution in [1.82, 2.24) is 4.90 Å². The van der Waals surface area contributed by atoms with Crippen LogP contribution >= 0.6 is 0 Å². The molecule has 0 unspecified atom stereocenters. The van der Waals surface area contributed by atoms with E-state index in [9.17, 15) is 0 Å². The summed E-state index contributed by atoms with van der Waals surface area (Å²) in [5.41, 5.74) is 0. The van der Waals surface area contributed by atoms with Crippen LogP contribution in [0.4, 0.5) is 0 Å². The second-order valence-corrected chi connectivity index (χ2v) is 3.36. The van der Waals surface area contributed by atoms with Gasteiger partial charge in [-0.1, -0.05) is 39.5 Å². The van der Waals surface area contributed by atoms with Crippen LogP contribution in [-0.2, 0) is 4.74 Å². The van der Waals surface area contributed by atoms with Gasteiger partial charge in [-0.2, -0.15) is 0 Å². The quantitative estimate of drug-likeness (QED) is 0.596. The highest BCUT2D eigenvalue weighted by molar-refractivity contribution is 5.03. The first-order valence-electron chi connectivity index (χ1n) is 5.57. The lowest BCUT2D eigenvalue weighted by molar-refractivity contribution is 0.0443. The minimum absolute atomic E-state index is 0.492. The van der Waals surface area contributed by atoms with Crippen LogP contribution in [0.5, 0.6) is 0 Å². The van der Waals surface area contributed by atoms with Crippen molar-refractivity contribution in [2.45, 2.75) is 27.7 Å². The molecule has 1 aliphatic rings. The first kappa shape index (κ1) is 13.5. The molecule has 1 heterocycles. The maximum absolute atomic E-state index is 5.24. The van der Waals surface area contributed by atoms with Gasteiger partial charge in [0.1, 0.15) is 0 Å². The smallest absolute Gasteiger partial charge is 0.0603 e. The van der Waals surface area contributed by atoms with Gasteiger partial charge in [0, 0.05) is 19.0 Å². The monoisotopic (exact) mass is 197 g/mol. The van der Waals surface area contributed by atoms with E-state index < -0.39 is 0 Å². The minimum Gasteiger partial charge on any atom is -0.379 e. The predicted molar refractivity (Wildman–Crippen MR) is 61.2 cm³/mol. The van der Waals surface area contributed by atoms with E-state index >= 15 is 0 Å². The molecule has 0 amide bonds. The molecule has 0 aromatic carbocycles. The van der Waals surface area contributed by atoms with Crippen LogP contribution in [0.15, 0.2) is 0 Å². The summed E-state index contributed by atoms with van der Waals surface area (Å²) in [5, 5.41) is 0. The van der Waals surface area contributed by atoms with Gasteiger partial charge in [0.2, 0.25) is 0 Å². The van der Waals surface area contributed by atoms with E-state index in [2.05, 4.69) is 30.6 Å². The Bertz CT molecular complexity index is 172. The van der Waals surface area contributed by atoms with Gasteiger partial charge in [0.25, 0.3) is 0 Å². The first-order valence-corrected chi connectivity index (χ1v) is 5.57. The molecular weight excluding hydrogens is 174 g/mol. The second kappa shape index (κ2) is 9.05. The Balaban J connectivity index is 0.000000791. The van der Waals surface area contributed by atoms with Crippen LogP contribution in [0.3, 0.4) is 0 Å². The summed E-state index contributed by atoms with van der Waals surface area (Å²) in [4.78, 5) is 2.33. The Morgan fingerprint density at radius 1 is 1.21 bits per heavy atom. The zero-order chi connectivity index (χ0) is 10.8. The van der Waals surface area contributed by atoms with Crippen molar-refractivity contribution >= 4 is 0 Å². The molecule has 2 nitrogen and oxygen atoms in total.